The van der Waals surface area contributed by atoms with Gasteiger partial charge in [-0.3, -0.25) is 9.89 Å². The molecule has 1 aliphatic heterocycles. The molecule has 0 aromatic carbocycles. The molecule has 1 heterocycles. The summed E-state index contributed by atoms with van der Waals surface area (Å²) in [7, 11) is 4.10. The number of guanidine groups is 1. The van der Waals surface area contributed by atoms with E-state index in [9.17, 15) is 0 Å². The number of nitrogens with one attached hydrogen (secondary N) is 2. The van der Waals surface area contributed by atoms with E-state index >= 15 is 0 Å². The van der Waals surface area contributed by atoms with E-state index in [0.717, 1.165) is 25.0 Å². The molecule has 1 aliphatic carbocycles. The van der Waals surface area contributed by atoms with Gasteiger partial charge in [0.1, 0.15) is 0 Å². The summed E-state index contributed by atoms with van der Waals surface area (Å²) in [5, 5.41) is 7.19. The van der Waals surface area contributed by atoms with Crippen LogP contribution in [0.5, 0.6) is 0 Å². The Hall–Kier alpha value is -0.810. The van der Waals surface area contributed by atoms with E-state index in [2.05, 4.69) is 53.2 Å². The third-order valence-corrected chi connectivity index (χ3v) is 6.09. The van der Waals surface area contributed by atoms with E-state index in [4.69, 9.17) is 0 Å². The molecule has 2 N–H and O–H groups in total. The minimum absolute atomic E-state index is 0.481. The number of likely N-dealkylation sites (N-methyl/N-ethyl adjacent to an activating group) is 1. The van der Waals surface area contributed by atoms with Crippen LogP contribution in [0.1, 0.15) is 52.9 Å². The average molecular weight is 352 g/mol. The first-order valence-electron chi connectivity index (χ1n) is 10.3. The predicted molar refractivity (Wildman–Crippen MR) is 108 cm³/mol. The summed E-state index contributed by atoms with van der Waals surface area (Å²) < 4.78 is 0. The van der Waals surface area contributed by atoms with E-state index in [0.29, 0.717) is 11.5 Å². The standard InChI is InChI=1S/C20H41N5/c1-17(2)14-20(8-6-7-9-20)16-23-19(21-4)22-15-18(3)25-12-10-24(5)11-13-25/h17-18H,6-16H2,1-5H3,(H2,21,22,23). The Morgan fingerprint density at radius 3 is 2.24 bits per heavy atom. The lowest BCUT2D eigenvalue weighted by molar-refractivity contribution is 0.120. The molecule has 1 saturated heterocycles. The zero-order valence-electron chi connectivity index (χ0n) is 17.3. The van der Waals surface area contributed by atoms with Gasteiger partial charge in [0, 0.05) is 52.4 Å². The Balaban J connectivity index is 1.76. The smallest absolute Gasteiger partial charge is 0.191 e. The Morgan fingerprint density at radius 1 is 1.04 bits per heavy atom. The molecule has 0 aromatic rings. The average Bonchev–Trinajstić information content (AvgIpc) is 3.03. The van der Waals surface area contributed by atoms with Crippen LogP contribution in [0.25, 0.3) is 0 Å². The Labute approximate surface area is 155 Å². The number of hydrogen-bond donors (Lipinski definition) is 2. The fraction of sp³-hybridized carbons (Fsp3) is 0.950. The van der Waals surface area contributed by atoms with Crippen molar-refractivity contribution >= 4 is 5.96 Å². The number of aliphatic imine (C=N–C) groups is 1. The van der Waals surface area contributed by atoms with Crippen LogP contribution in [0.4, 0.5) is 0 Å². The first kappa shape index (κ1) is 20.5. The van der Waals surface area contributed by atoms with Gasteiger partial charge in [0.05, 0.1) is 0 Å². The largest absolute Gasteiger partial charge is 0.356 e. The summed E-state index contributed by atoms with van der Waals surface area (Å²) in [4.78, 5) is 9.45. The van der Waals surface area contributed by atoms with Crippen molar-refractivity contribution in [2.45, 2.75) is 58.9 Å². The monoisotopic (exact) mass is 351 g/mol. The van der Waals surface area contributed by atoms with Crippen molar-refractivity contribution in [1.82, 2.24) is 20.4 Å². The van der Waals surface area contributed by atoms with Crippen LogP contribution < -0.4 is 10.6 Å². The predicted octanol–water partition coefficient (Wildman–Crippen LogP) is 2.39. The quantitative estimate of drug-likeness (QED) is 0.546. The minimum Gasteiger partial charge on any atom is -0.356 e. The normalized spacial score (nSPS) is 23.8. The zero-order valence-corrected chi connectivity index (χ0v) is 17.3. The molecule has 5 nitrogen and oxygen atoms in total. The van der Waals surface area contributed by atoms with Crippen molar-refractivity contribution in [2.24, 2.45) is 16.3 Å². The summed E-state index contributed by atoms with van der Waals surface area (Å²) in [6, 6.07) is 0.545. The topological polar surface area (TPSA) is 42.9 Å². The van der Waals surface area contributed by atoms with Gasteiger partial charge < -0.3 is 15.5 Å². The lowest BCUT2D eigenvalue weighted by Gasteiger charge is -2.37. The molecular weight excluding hydrogens is 310 g/mol. The molecule has 5 heteroatoms. The number of nitrogens with zero attached hydrogens (tertiary/aromatic N) is 3. The molecule has 2 fully saturated rings. The van der Waals surface area contributed by atoms with Crippen LogP contribution in [0, 0.1) is 11.3 Å². The van der Waals surface area contributed by atoms with E-state index in [1.54, 1.807) is 0 Å². The van der Waals surface area contributed by atoms with Crippen molar-refractivity contribution in [3.8, 4) is 0 Å². The number of hydrogen-bond acceptors (Lipinski definition) is 3. The van der Waals surface area contributed by atoms with Crippen LogP contribution in [-0.4, -0.2) is 75.2 Å². The van der Waals surface area contributed by atoms with Crippen LogP contribution in [0.2, 0.25) is 0 Å². The Bertz CT molecular complexity index is 406. The lowest BCUT2D eigenvalue weighted by Crippen LogP contribution is -2.52. The maximum absolute atomic E-state index is 4.46. The molecule has 1 saturated carbocycles. The van der Waals surface area contributed by atoms with Crippen molar-refractivity contribution in [1.29, 1.82) is 0 Å². The highest BCUT2D eigenvalue weighted by Gasteiger charge is 2.34. The van der Waals surface area contributed by atoms with Gasteiger partial charge in [0.15, 0.2) is 5.96 Å². The lowest BCUT2D eigenvalue weighted by atomic mass is 9.78. The summed E-state index contributed by atoms with van der Waals surface area (Å²) in [5.41, 5.74) is 0.481. The summed E-state index contributed by atoms with van der Waals surface area (Å²) in [5.74, 6) is 1.74. The van der Waals surface area contributed by atoms with Gasteiger partial charge >= 0.3 is 0 Å². The first-order chi connectivity index (χ1) is 11.9. The fourth-order valence-electron chi connectivity index (χ4n) is 4.57. The number of rotatable bonds is 7. The summed E-state index contributed by atoms with van der Waals surface area (Å²) >= 11 is 0. The molecular formula is C20H41N5. The third kappa shape index (κ3) is 6.45. The van der Waals surface area contributed by atoms with Gasteiger partial charge in [-0.25, -0.2) is 0 Å². The molecule has 146 valence electrons. The van der Waals surface area contributed by atoms with E-state index in [1.807, 2.05) is 7.05 Å². The molecule has 2 aliphatic rings. The Kier molecular flexibility index (Phi) is 8.01. The zero-order chi connectivity index (χ0) is 18.3. The SMILES string of the molecule is CN=C(NCC(C)N1CCN(C)CC1)NCC1(CC(C)C)CCCC1. The van der Waals surface area contributed by atoms with Crippen LogP contribution >= 0.6 is 0 Å². The van der Waals surface area contributed by atoms with Crippen LogP contribution in [-0.2, 0) is 0 Å². The fourth-order valence-corrected chi connectivity index (χ4v) is 4.57. The molecule has 0 radical (unpaired) electrons. The second kappa shape index (κ2) is 9.77. The van der Waals surface area contributed by atoms with Gasteiger partial charge in [0.25, 0.3) is 0 Å². The van der Waals surface area contributed by atoms with Gasteiger partial charge in [-0.15, -0.1) is 0 Å². The van der Waals surface area contributed by atoms with Crippen molar-refractivity contribution < 1.29 is 0 Å². The van der Waals surface area contributed by atoms with E-state index in [-0.39, 0.29) is 0 Å². The second-order valence-corrected chi connectivity index (χ2v) is 8.80. The molecule has 0 aromatic heterocycles. The van der Waals surface area contributed by atoms with Gasteiger partial charge in [-0.2, -0.15) is 0 Å². The molecule has 1 atom stereocenters. The van der Waals surface area contributed by atoms with Crippen LogP contribution in [0.15, 0.2) is 4.99 Å². The maximum Gasteiger partial charge on any atom is 0.191 e. The highest BCUT2D eigenvalue weighted by atomic mass is 15.3. The highest BCUT2D eigenvalue weighted by molar-refractivity contribution is 5.79. The van der Waals surface area contributed by atoms with Crippen molar-refractivity contribution in [2.75, 3.05) is 53.4 Å². The third-order valence-electron chi connectivity index (χ3n) is 6.09. The second-order valence-electron chi connectivity index (χ2n) is 8.80. The van der Waals surface area contributed by atoms with Gasteiger partial charge in [0.2, 0.25) is 0 Å². The first-order valence-corrected chi connectivity index (χ1v) is 10.3. The summed E-state index contributed by atoms with van der Waals surface area (Å²) in [6.45, 7) is 13.7. The molecule has 0 bridgehead atoms. The summed E-state index contributed by atoms with van der Waals surface area (Å²) in [6.07, 6.45) is 6.84. The highest BCUT2D eigenvalue weighted by Crippen LogP contribution is 2.42. The van der Waals surface area contributed by atoms with E-state index in [1.165, 1.54) is 58.3 Å². The van der Waals surface area contributed by atoms with Crippen molar-refractivity contribution in [3.05, 3.63) is 0 Å². The Morgan fingerprint density at radius 2 is 1.68 bits per heavy atom. The molecule has 2 rings (SSSR count). The molecule has 0 amide bonds. The molecule has 0 spiro atoms. The van der Waals surface area contributed by atoms with Gasteiger partial charge in [-0.1, -0.05) is 26.7 Å². The molecule has 1 unspecified atom stereocenters. The van der Waals surface area contributed by atoms with Crippen molar-refractivity contribution in [3.63, 3.8) is 0 Å². The van der Waals surface area contributed by atoms with Gasteiger partial charge in [-0.05, 0) is 44.6 Å². The number of piperazine rings is 1. The minimum atomic E-state index is 0.481. The maximum atomic E-state index is 4.46. The van der Waals surface area contributed by atoms with E-state index < -0.39 is 0 Å². The van der Waals surface area contributed by atoms with Crippen LogP contribution in [0.3, 0.4) is 0 Å². The molecule has 25 heavy (non-hydrogen) atoms.